The topological polar surface area (TPSA) is 41.9 Å². The molecule has 0 atom stereocenters. The van der Waals surface area contributed by atoms with Gasteiger partial charge in [-0.2, -0.15) is 0 Å². The molecule has 0 fully saturated rings. The van der Waals surface area contributed by atoms with Gasteiger partial charge in [0.15, 0.2) is 0 Å². The van der Waals surface area contributed by atoms with Gasteiger partial charge >= 0.3 is 5.82 Å². The summed E-state index contributed by atoms with van der Waals surface area (Å²) in [6.45, 7) is 2.11. The molecule has 0 spiro atoms. The van der Waals surface area contributed by atoms with E-state index in [1.165, 1.54) is 0 Å². The molecule has 78 valence electrons. The van der Waals surface area contributed by atoms with Gasteiger partial charge in [0.1, 0.15) is 12.4 Å². The van der Waals surface area contributed by atoms with Crippen LogP contribution in [0.5, 0.6) is 0 Å². The van der Waals surface area contributed by atoms with Crippen LogP contribution in [0.1, 0.15) is 18.9 Å². The van der Waals surface area contributed by atoms with Crippen molar-refractivity contribution in [3.8, 4) is 5.82 Å². The predicted octanol–water partition coefficient (Wildman–Crippen LogP) is 1.35. The first-order valence-electron chi connectivity index (χ1n) is 5.05. The number of hydrogen-bond donors (Lipinski definition) is 1. The summed E-state index contributed by atoms with van der Waals surface area (Å²) >= 11 is 0. The van der Waals surface area contributed by atoms with Crippen LogP contribution in [-0.4, -0.2) is 15.0 Å². The van der Waals surface area contributed by atoms with Crippen LogP contribution in [0, 0.1) is 0 Å². The van der Waals surface area contributed by atoms with Gasteiger partial charge in [0, 0.05) is 12.1 Å². The van der Waals surface area contributed by atoms with E-state index in [1.807, 2.05) is 18.2 Å². The number of aryl methyl sites for hydroxylation is 1. The molecule has 0 aliphatic rings. The molecule has 0 aliphatic carbocycles. The Bertz CT molecular complexity index is 437. The molecule has 2 heterocycles. The molecular formula is C11H14N3O+. The highest BCUT2D eigenvalue weighted by Crippen LogP contribution is 2.04. The monoisotopic (exact) mass is 204 g/mol. The summed E-state index contributed by atoms with van der Waals surface area (Å²) in [6, 6.07) is 5.69. The Morgan fingerprint density at radius 2 is 2.33 bits per heavy atom. The van der Waals surface area contributed by atoms with Crippen LogP contribution >= 0.6 is 0 Å². The minimum atomic E-state index is 0.639. The van der Waals surface area contributed by atoms with E-state index in [-0.39, 0.29) is 0 Å². The van der Waals surface area contributed by atoms with Gasteiger partial charge in [-0.05, 0) is 22.8 Å². The average molecular weight is 204 g/mol. The summed E-state index contributed by atoms with van der Waals surface area (Å²) in [7, 11) is 0. The van der Waals surface area contributed by atoms with E-state index in [2.05, 4.69) is 12.0 Å². The molecule has 0 unspecified atom stereocenters. The van der Waals surface area contributed by atoms with Gasteiger partial charge in [-0.3, -0.25) is 0 Å². The minimum absolute atomic E-state index is 0.639. The highest BCUT2D eigenvalue weighted by Gasteiger charge is 2.12. The Hall–Kier alpha value is -1.84. The lowest BCUT2D eigenvalue weighted by Gasteiger charge is -2.00. The van der Waals surface area contributed by atoms with E-state index >= 15 is 0 Å². The van der Waals surface area contributed by atoms with Crippen LogP contribution < -0.4 is 4.73 Å². The smallest absolute Gasteiger partial charge is 0.345 e. The Morgan fingerprint density at radius 1 is 1.47 bits per heavy atom. The molecule has 0 bridgehead atoms. The van der Waals surface area contributed by atoms with Crippen molar-refractivity contribution in [1.29, 1.82) is 0 Å². The zero-order valence-electron chi connectivity index (χ0n) is 8.67. The molecule has 0 saturated carbocycles. The van der Waals surface area contributed by atoms with Crippen molar-refractivity contribution in [2.45, 2.75) is 19.8 Å². The van der Waals surface area contributed by atoms with Crippen LogP contribution in [0.15, 0.2) is 36.8 Å². The van der Waals surface area contributed by atoms with Crippen molar-refractivity contribution in [2.24, 2.45) is 0 Å². The van der Waals surface area contributed by atoms with Crippen molar-refractivity contribution in [3.05, 3.63) is 42.4 Å². The van der Waals surface area contributed by atoms with Crippen LogP contribution in [0.2, 0.25) is 0 Å². The third-order valence-electron chi connectivity index (χ3n) is 2.25. The fourth-order valence-electron chi connectivity index (χ4n) is 1.55. The molecule has 2 rings (SSSR count). The summed E-state index contributed by atoms with van der Waals surface area (Å²) < 4.78 is 2.73. The van der Waals surface area contributed by atoms with Gasteiger partial charge in [0.25, 0.3) is 0 Å². The Morgan fingerprint density at radius 3 is 2.93 bits per heavy atom. The molecule has 0 amide bonds. The van der Waals surface area contributed by atoms with Crippen LogP contribution in [0.3, 0.4) is 0 Å². The zero-order valence-corrected chi connectivity index (χ0v) is 8.67. The van der Waals surface area contributed by atoms with Crippen molar-refractivity contribution < 1.29 is 9.94 Å². The maximum Gasteiger partial charge on any atom is 0.345 e. The van der Waals surface area contributed by atoms with Crippen molar-refractivity contribution >= 4 is 0 Å². The minimum Gasteiger partial charge on any atom is -0.350 e. The summed E-state index contributed by atoms with van der Waals surface area (Å²) in [5, 5.41) is 13.8. The van der Waals surface area contributed by atoms with E-state index in [9.17, 15) is 5.21 Å². The largest absolute Gasteiger partial charge is 0.350 e. The number of aromatic nitrogens is 3. The van der Waals surface area contributed by atoms with Crippen molar-refractivity contribution in [2.75, 3.05) is 0 Å². The first-order valence-corrected chi connectivity index (χ1v) is 5.05. The van der Waals surface area contributed by atoms with Crippen LogP contribution in [0.4, 0.5) is 0 Å². The molecule has 0 radical (unpaired) electrons. The van der Waals surface area contributed by atoms with Crippen LogP contribution in [0.25, 0.3) is 5.82 Å². The lowest BCUT2D eigenvalue weighted by Crippen LogP contribution is -2.35. The molecule has 0 aliphatic heterocycles. The number of hydrogen-bond acceptors (Lipinski definition) is 2. The van der Waals surface area contributed by atoms with E-state index < -0.39 is 0 Å². The van der Waals surface area contributed by atoms with Gasteiger partial charge in [0.2, 0.25) is 0 Å². The van der Waals surface area contributed by atoms with E-state index in [0.29, 0.717) is 5.82 Å². The fraction of sp³-hybridized carbons (Fsp3) is 0.273. The van der Waals surface area contributed by atoms with Crippen molar-refractivity contribution in [3.63, 3.8) is 0 Å². The Kier molecular flexibility index (Phi) is 2.67. The summed E-state index contributed by atoms with van der Waals surface area (Å²) in [5.41, 5.74) is 1.12. The first-order chi connectivity index (χ1) is 7.31. The van der Waals surface area contributed by atoms with E-state index in [4.69, 9.17) is 0 Å². The summed E-state index contributed by atoms with van der Waals surface area (Å²) in [4.78, 5) is 0. The second-order valence-corrected chi connectivity index (χ2v) is 3.44. The molecular weight excluding hydrogens is 190 g/mol. The lowest BCUT2D eigenvalue weighted by molar-refractivity contribution is -0.900. The predicted molar refractivity (Wildman–Crippen MR) is 54.9 cm³/mol. The highest BCUT2D eigenvalue weighted by molar-refractivity contribution is 5.18. The molecule has 15 heavy (non-hydrogen) atoms. The molecule has 0 saturated heterocycles. The Balaban J connectivity index is 2.35. The van der Waals surface area contributed by atoms with E-state index in [1.54, 1.807) is 23.3 Å². The van der Waals surface area contributed by atoms with E-state index in [0.717, 1.165) is 23.1 Å². The SMILES string of the molecule is CCCc1ccc(-n2cccn2)[n+](O)c1. The molecule has 2 aromatic rings. The van der Waals surface area contributed by atoms with Gasteiger partial charge in [0.05, 0.1) is 6.20 Å². The normalized spacial score (nSPS) is 10.5. The molecule has 4 nitrogen and oxygen atoms in total. The maximum atomic E-state index is 9.75. The second-order valence-electron chi connectivity index (χ2n) is 3.44. The highest BCUT2D eigenvalue weighted by atomic mass is 16.5. The standard InChI is InChI=1S/C11H14N3O/c1-2-4-10-5-6-11(14(15)9-10)13-8-3-7-12-13/h3,5-9,15H,2,4H2,1H3/q+1. The number of pyridine rings is 1. The number of nitrogens with zero attached hydrogens (tertiary/aromatic N) is 3. The van der Waals surface area contributed by atoms with Crippen LogP contribution in [-0.2, 0) is 6.42 Å². The molecule has 4 heteroatoms. The fourth-order valence-corrected chi connectivity index (χ4v) is 1.55. The maximum absolute atomic E-state index is 9.75. The second kappa shape index (κ2) is 4.13. The van der Waals surface area contributed by atoms with Gasteiger partial charge in [-0.25, -0.2) is 0 Å². The summed E-state index contributed by atoms with van der Waals surface area (Å²) in [6.07, 6.45) is 7.24. The average Bonchev–Trinajstić information content (AvgIpc) is 2.71. The van der Waals surface area contributed by atoms with Crippen molar-refractivity contribution in [1.82, 2.24) is 9.78 Å². The first kappa shape index (κ1) is 9.71. The van der Waals surface area contributed by atoms with Gasteiger partial charge < -0.3 is 5.21 Å². The Labute approximate surface area is 88.4 Å². The molecule has 1 N–H and O–H groups in total. The molecule has 0 aromatic carbocycles. The van der Waals surface area contributed by atoms with Gasteiger partial charge in [-0.15, -0.1) is 4.68 Å². The zero-order chi connectivity index (χ0) is 10.7. The molecule has 2 aromatic heterocycles. The summed E-state index contributed by atoms with van der Waals surface area (Å²) in [5.74, 6) is 0.639. The lowest BCUT2D eigenvalue weighted by atomic mass is 10.2. The quantitative estimate of drug-likeness (QED) is 0.605. The third kappa shape index (κ3) is 1.98. The van der Waals surface area contributed by atoms with Gasteiger partial charge in [-0.1, -0.05) is 18.4 Å². The third-order valence-corrected chi connectivity index (χ3v) is 2.25. The number of rotatable bonds is 3.